The molecule has 0 radical (unpaired) electrons. The zero-order valence-electron chi connectivity index (χ0n) is 12.8. The number of hydrogen-bond acceptors (Lipinski definition) is 4. The Morgan fingerprint density at radius 2 is 2.00 bits per heavy atom. The lowest BCUT2D eigenvalue weighted by molar-refractivity contribution is -0.138. The number of carbonyl (C=O) groups excluding carboxylic acids is 1. The lowest BCUT2D eigenvalue weighted by Gasteiger charge is -2.37. The molecule has 0 aliphatic carbocycles. The van der Waals surface area contributed by atoms with Gasteiger partial charge in [0, 0.05) is 12.1 Å². The van der Waals surface area contributed by atoms with Gasteiger partial charge in [-0.2, -0.15) is 0 Å². The van der Waals surface area contributed by atoms with Gasteiger partial charge in [0.2, 0.25) is 0 Å². The van der Waals surface area contributed by atoms with E-state index in [9.17, 15) is 18.0 Å². The van der Waals surface area contributed by atoms with E-state index in [1.165, 1.54) is 4.90 Å². The Hall–Kier alpha value is -1.31. The molecule has 1 heterocycles. The van der Waals surface area contributed by atoms with Crippen LogP contribution in [-0.4, -0.2) is 60.1 Å². The molecule has 2 N–H and O–H groups in total. The van der Waals surface area contributed by atoms with Crippen molar-refractivity contribution in [3.63, 3.8) is 0 Å². The summed E-state index contributed by atoms with van der Waals surface area (Å²) in [6, 6.07) is -1.20. The maximum Gasteiger partial charge on any atom is 0.318 e. The van der Waals surface area contributed by atoms with Crippen LogP contribution in [0, 0.1) is 0 Å². The summed E-state index contributed by atoms with van der Waals surface area (Å²) in [5, 5.41) is 11.8. The van der Waals surface area contributed by atoms with Crippen molar-refractivity contribution in [2.24, 2.45) is 0 Å². The molecule has 1 unspecified atom stereocenters. The van der Waals surface area contributed by atoms with Gasteiger partial charge in [-0.25, -0.2) is 13.2 Å². The molecule has 1 aliphatic heterocycles. The Labute approximate surface area is 125 Å². The van der Waals surface area contributed by atoms with Crippen LogP contribution < -0.4 is 5.32 Å². The Morgan fingerprint density at radius 3 is 2.52 bits per heavy atom. The maximum absolute atomic E-state index is 12.3. The number of sulfone groups is 1. The van der Waals surface area contributed by atoms with Crippen molar-refractivity contribution in [1.82, 2.24) is 10.2 Å². The van der Waals surface area contributed by atoms with Crippen LogP contribution in [0.1, 0.15) is 40.0 Å². The third kappa shape index (κ3) is 5.53. The SMILES string of the molecule is CCCC(C)(C)NC(=O)N1CCS(=O)(=O)CC1CC(=O)O. The highest BCUT2D eigenvalue weighted by molar-refractivity contribution is 7.91. The topological polar surface area (TPSA) is 104 Å². The fraction of sp³-hybridized carbons (Fsp3) is 0.846. The number of aliphatic carboxylic acids is 1. The van der Waals surface area contributed by atoms with Gasteiger partial charge in [-0.3, -0.25) is 4.79 Å². The normalized spacial score (nSPS) is 21.9. The van der Waals surface area contributed by atoms with Gasteiger partial charge in [0.25, 0.3) is 0 Å². The van der Waals surface area contributed by atoms with Gasteiger partial charge in [0.15, 0.2) is 9.84 Å². The summed E-state index contributed by atoms with van der Waals surface area (Å²) in [5.41, 5.74) is -0.407. The molecule has 0 aromatic rings. The molecular weight excluding hydrogens is 296 g/mol. The van der Waals surface area contributed by atoms with E-state index in [0.29, 0.717) is 0 Å². The van der Waals surface area contributed by atoms with Crippen LogP contribution in [0.5, 0.6) is 0 Å². The predicted molar refractivity (Wildman–Crippen MR) is 78.9 cm³/mol. The van der Waals surface area contributed by atoms with Crippen LogP contribution in [0.15, 0.2) is 0 Å². The Morgan fingerprint density at radius 1 is 1.38 bits per heavy atom. The first kappa shape index (κ1) is 17.7. The number of amides is 2. The minimum absolute atomic E-state index is 0.0360. The number of hydrogen-bond donors (Lipinski definition) is 2. The van der Waals surface area contributed by atoms with Crippen molar-refractivity contribution in [3.05, 3.63) is 0 Å². The van der Waals surface area contributed by atoms with E-state index in [1.807, 2.05) is 20.8 Å². The molecule has 21 heavy (non-hydrogen) atoms. The van der Waals surface area contributed by atoms with Gasteiger partial charge in [-0.05, 0) is 20.3 Å². The largest absolute Gasteiger partial charge is 0.481 e. The first-order valence-corrected chi connectivity index (χ1v) is 8.89. The standard InChI is InChI=1S/C13H24N2O5S/c1-4-5-13(2,3)14-12(18)15-6-7-21(19,20)9-10(15)8-11(16)17/h10H,4-9H2,1-3H3,(H,14,18)(H,16,17). The predicted octanol–water partition coefficient (Wildman–Crippen LogP) is 0.848. The van der Waals surface area contributed by atoms with Crippen LogP contribution in [0.4, 0.5) is 4.79 Å². The molecule has 8 heteroatoms. The van der Waals surface area contributed by atoms with Crippen LogP contribution in [0.3, 0.4) is 0 Å². The number of urea groups is 1. The number of rotatable bonds is 5. The second-order valence-corrected chi connectivity index (χ2v) is 8.35. The number of nitrogens with one attached hydrogen (secondary N) is 1. The zero-order chi connectivity index (χ0) is 16.3. The van der Waals surface area contributed by atoms with Crippen molar-refractivity contribution in [3.8, 4) is 0 Å². The molecule has 7 nitrogen and oxygen atoms in total. The molecular formula is C13H24N2O5S. The summed E-state index contributed by atoms with van der Waals surface area (Å²) in [6.45, 7) is 5.82. The van der Waals surface area contributed by atoms with E-state index in [4.69, 9.17) is 5.11 Å². The van der Waals surface area contributed by atoms with Crippen LogP contribution in [-0.2, 0) is 14.6 Å². The zero-order valence-corrected chi connectivity index (χ0v) is 13.6. The van der Waals surface area contributed by atoms with E-state index in [-0.39, 0.29) is 24.5 Å². The van der Waals surface area contributed by atoms with Gasteiger partial charge in [-0.1, -0.05) is 13.3 Å². The van der Waals surface area contributed by atoms with Crippen LogP contribution in [0.2, 0.25) is 0 Å². The molecule has 1 fully saturated rings. The van der Waals surface area contributed by atoms with E-state index < -0.39 is 33.4 Å². The molecule has 1 saturated heterocycles. The average molecular weight is 320 g/mol. The summed E-state index contributed by atoms with van der Waals surface area (Å²) >= 11 is 0. The van der Waals surface area contributed by atoms with Crippen molar-refractivity contribution in [1.29, 1.82) is 0 Å². The highest BCUT2D eigenvalue weighted by atomic mass is 32.2. The molecule has 0 spiro atoms. The van der Waals surface area contributed by atoms with Gasteiger partial charge >= 0.3 is 12.0 Å². The van der Waals surface area contributed by atoms with E-state index in [1.54, 1.807) is 0 Å². The monoisotopic (exact) mass is 320 g/mol. The Kier molecular flexibility index (Phi) is 5.61. The summed E-state index contributed by atoms with van der Waals surface area (Å²) in [6.07, 6.45) is 1.33. The van der Waals surface area contributed by atoms with Gasteiger partial charge in [0.05, 0.1) is 24.0 Å². The molecule has 1 atom stereocenters. The molecule has 1 rings (SSSR count). The summed E-state index contributed by atoms with van der Waals surface area (Å²) in [7, 11) is -3.28. The van der Waals surface area contributed by atoms with Crippen LogP contribution >= 0.6 is 0 Å². The van der Waals surface area contributed by atoms with Gasteiger partial charge in [-0.15, -0.1) is 0 Å². The average Bonchev–Trinajstić information content (AvgIpc) is 2.25. The first-order chi connectivity index (χ1) is 9.56. The molecule has 0 saturated carbocycles. The second-order valence-electron chi connectivity index (χ2n) is 6.12. The van der Waals surface area contributed by atoms with E-state index in [0.717, 1.165) is 12.8 Å². The molecule has 2 amide bonds. The summed E-state index contributed by atoms with van der Waals surface area (Å²) in [5.74, 6) is -1.52. The fourth-order valence-corrected chi connectivity index (χ4v) is 4.10. The summed E-state index contributed by atoms with van der Waals surface area (Å²) in [4.78, 5) is 24.5. The fourth-order valence-electron chi connectivity index (χ4n) is 2.57. The third-order valence-electron chi connectivity index (χ3n) is 3.52. The van der Waals surface area contributed by atoms with Crippen molar-refractivity contribution in [2.45, 2.75) is 51.6 Å². The van der Waals surface area contributed by atoms with Crippen molar-refractivity contribution < 1.29 is 23.1 Å². The summed E-state index contributed by atoms with van der Waals surface area (Å²) < 4.78 is 23.3. The van der Waals surface area contributed by atoms with Gasteiger partial charge < -0.3 is 15.3 Å². The maximum atomic E-state index is 12.3. The van der Waals surface area contributed by atoms with Crippen molar-refractivity contribution in [2.75, 3.05) is 18.1 Å². The third-order valence-corrected chi connectivity index (χ3v) is 5.22. The number of carbonyl (C=O) groups is 2. The van der Waals surface area contributed by atoms with E-state index in [2.05, 4.69) is 5.32 Å². The lowest BCUT2D eigenvalue weighted by atomic mass is 9.99. The van der Waals surface area contributed by atoms with Gasteiger partial charge in [0.1, 0.15) is 0 Å². The van der Waals surface area contributed by atoms with E-state index >= 15 is 0 Å². The number of nitrogens with zero attached hydrogens (tertiary/aromatic N) is 1. The molecule has 0 aromatic heterocycles. The minimum atomic E-state index is -3.28. The highest BCUT2D eigenvalue weighted by Crippen LogP contribution is 2.17. The van der Waals surface area contributed by atoms with Crippen LogP contribution in [0.25, 0.3) is 0 Å². The Balaban J connectivity index is 2.82. The first-order valence-electron chi connectivity index (χ1n) is 7.07. The Bertz CT molecular complexity index is 501. The minimum Gasteiger partial charge on any atom is -0.481 e. The second kappa shape index (κ2) is 6.64. The number of carboxylic acid groups (broad SMARTS) is 1. The molecule has 0 aromatic carbocycles. The highest BCUT2D eigenvalue weighted by Gasteiger charge is 2.36. The quantitative estimate of drug-likeness (QED) is 0.781. The molecule has 1 aliphatic rings. The molecule has 122 valence electrons. The molecule has 0 bridgehead atoms. The smallest absolute Gasteiger partial charge is 0.318 e. The lowest BCUT2D eigenvalue weighted by Crippen LogP contribution is -2.58. The van der Waals surface area contributed by atoms with Crippen molar-refractivity contribution >= 4 is 21.8 Å². The number of carboxylic acids is 1.